The van der Waals surface area contributed by atoms with Gasteiger partial charge < -0.3 is 24.8 Å². The fourth-order valence-corrected chi connectivity index (χ4v) is 4.13. The molecule has 39 heavy (non-hydrogen) atoms. The fraction of sp³-hybridized carbons (Fsp3) is 0.143. The van der Waals surface area contributed by atoms with Crippen LogP contribution in [0.25, 0.3) is 11.3 Å². The van der Waals surface area contributed by atoms with Crippen molar-refractivity contribution in [3.63, 3.8) is 0 Å². The first-order chi connectivity index (χ1) is 18.8. The summed E-state index contributed by atoms with van der Waals surface area (Å²) in [6.07, 6.45) is 1.49. The highest BCUT2D eigenvalue weighted by Crippen LogP contribution is 2.31. The summed E-state index contributed by atoms with van der Waals surface area (Å²) in [7, 11) is 1.78. The highest BCUT2D eigenvalue weighted by molar-refractivity contribution is 7.79. The average molecular weight is 568 g/mol. The van der Waals surface area contributed by atoms with Gasteiger partial charge in [-0.05, 0) is 66.2 Å². The van der Waals surface area contributed by atoms with Gasteiger partial charge in [0.1, 0.15) is 35.5 Å². The third kappa shape index (κ3) is 7.76. The molecule has 202 valence electrons. The molecule has 0 aliphatic rings. The van der Waals surface area contributed by atoms with Gasteiger partial charge in [0.05, 0.1) is 16.9 Å². The van der Waals surface area contributed by atoms with Crippen LogP contribution in [0.15, 0.2) is 87.2 Å². The van der Waals surface area contributed by atoms with E-state index in [2.05, 4.69) is 15.3 Å². The second-order valence-electron chi connectivity index (χ2n) is 8.29. The van der Waals surface area contributed by atoms with Crippen molar-refractivity contribution in [1.82, 2.24) is 0 Å². The zero-order valence-corrected chi connectivity index (χ0v) is 22.5. The predicted molar refractivity (Wildman–Crippen MR) is 153 cm³/mol. The van der Waals surface area contributed by atoms with Crippen molar-refractivity contribution in [3.05, 3.63) is 101 Å². The molecule has 0 aliphatic carbocycles. The van der Waals surface area contributed by atoms with Gasteiger partial charge >= 0.3 is 0 Å². The molecule has 8 nitrogen and oxygen atoms in total. The van der Waals surface area contributed by atoms with Crippen molar-refractivity contribution in [2.45, 2.75) is 6.61 Å². The quantitative estimate of drug-likeness (QED) is 0.136. The third-order valence-electron chi connectivity index (χ3n) is 5.53. The van der Waals surface area contributed by atoms with E-state index in [1.165, 1.54) is 18.3 Å². The number of anilines is 1. The van der Waals surface area contributed by atoms with E-state index in [1.54, 1.807) is 49.5 Å². The molecule has 0 spiro atoms. The van der Waals surface area contributed by atoms with Gasteiger partial charge in [-0.25, -0.2) is 9.38 Å². The summed E-state index contributed by atoms with van der Waals surface area (Å²) in [5.74, 6) is 1.40. The van der Waals surface area contributed by atoms with Gasteiger partial charge in [0.2, 0.25) is 0 Å². The second-order valence-corrected chi connectivity index (χ2v) is 9.71. The smallest absolute Gasteiger partial charge is 0.145 e. The molecular formula is C28H25ClFN4O4S-. The number of rotatable bonds is 11. The first-order valence-electron chi connectivity index (χ1n) is 11.8. The molecule has 11 heteroatoms. The molecule has 3 N–H and O–H groups in total. The predicted octanol–water partition coefficient (Wildman–Crippen LogP) is 5.69. The first-order valence-corrected chi connectivity index (χ1v) is 13.4. The molecule has 1 heterocycles. The van der Waals surface area contributed by atoms with E-state index >= 15 is 0 Å². The summed E-state index contributed by atoms with van der Waals surface area (Å²) >= 11 is 4.27. The van der Waals surface area contributed by atoms with Crippen LogP contribution in [0.2, 0.25) is 5.02 Å². The van der Waals surface area contributed by atoms with Gasteiger partial charge in [0, 0.05) is 36.2 Å². The maximum absolute atomic E-state index is 13.4. The number of halogens is 2. The van der Waals surface area contributed by atoms with E-state index in [1.807, 2.05) is 18.2 Å². The van der Waals surface area contributed by atoms with Gasteiger partial charge in [-0.1, -0.05) is 34.8 Å². The molecule has 4 rings (SSSR count). The highest BCUT2D eigenvalue weighted by atomic mass is 35.5. The molecule has 0 aliphatic heterocycles. The fourth-order valence-electron chi connectivity index (χ4n) is 3.65. The van der Waals surface area contributed by atoms with Crippen LogP contribution in [-0.2, 0) is 17.7 Å². The Morgan fingerprint density at radius 3 is 2.77 bits per heavy atom. The number of nitrogens with zero attached hydrogens (tertiary/aromatic N) is 2. The standard InChI is InChI=1S/C28H26ClFN4O4S/c1-32-25-8-5-19(26-10-7-22(38-26)16-33-11-12-39(35)36)14-23(25)28(31)34-21-6-9-27(24(29)15-21)37-17-18-3-2-4-20(30)13-18/h2-10,13-16,32H,11-12,17H2,1H3,(H2,31,34)(H,35,36)/p-1. The van der Waals surface area contributed by atoms with Crippen LogP contribution in [-0.4, -0.2) is 40.2 Å². The molecule has 0 bridgehead atoms. The third-order valence-corrected chi connectivity index (χ3v) is 6.34. The molecule has 0 amide bonds. The Morgan fingerprint density at radius 1 is 1.18 bits per heavy atom. The van der Waals surface area contributed by atoms with E-state index < -0.39 is 11.1 Å². The van der Waals surface area contributed by atoms with Crippen molar-refractivity contribution in [1.29, 1.82) is 0 Å². The van der Waals surface area contributed by atoms with Crippen molar-refractivity contribution >= 4 is 46.1 Å². The Bertz CT molecular complexity index is 1540. The van der Waals surface area contributed by atoms with Crippen LogP contribution in [0.5, 0.6) is 5.75 Å². The van der Waals surface area contributed by atoms with Crippen molar-refractivity contribution < 1.29 is 22.3 Å². The van der Waals surface area contributed by atoms with Crippen LogP contribution in [0.1, 0.15) is 16.9 Å². The number of furan rings is 1. The van der Waals surface area contributed by atoms with Crippen molar-refractivity contribution in [2.75, 3.05) is 24.7 Å². The zero-order chi connectivity index (χ0) is 27.8. The summed E-state index contributed by atoms with van der Waals surface area (Å²) in [6.45, 7) is 0.326. The number of nitrogens with two attached hydrogens (primary N) is 1. The highest BCUT2D eigenvalue weighted by Gasteiger charge is 2.12. The van der Waals surface area contributed by atoms with Crippen molar-refractivity contribution in [2.24, 2.45) is 15.7 Å². The maximum atomic E-state index is 13.4. The molecule has 0 saturated carbocycles. The van der Waals surface area contributed by atoms with Gasteiger partial charge in [0.15, 0.2) is 0 Å². The van der Waals surface area contributed by atoms with Gasteiger partial charge in [-0.2, -0.15) is 0 Å². The van der Waals surface area contributed by atoms with Crippen LogP contribution >= 0.6 is 11.6 Å². The molecule has 3 aromatic carbocycles. The topological polar surface area (TPSA) is 125 Å². The number of hydrogen-bond acceptors (Lipinski definition) is 7. The average Bonchev–Trinajstić information content (AvgIpc) is 3.39. The summed E-state index contributed by atoms with van der Waals surface area (Å²) in [5.41, 5.74) is 9.79. The van der Waals surface area contributed by atoms with Gasteiger partial charge in [-0.15, -0.1) is 0 Å². The summed E-state index contributed by atoms with van der Waals surface area (Å²) in [5, 5.41) is 3.45. The summed E-state index contributed by atoms with van der Waals surface area (Å²) in [6, 6.07) is 20.3. The first kappa shape index (κ1) is 28.0. The van der Waals surface area contributed by atoms with Crippen LogP contribution in [0.3, 0.4) is 0 Å². The lowest BCUT2D eigenvalue weighted by atomic mass is 10.1. The van der Waals surface area contributed by atoms with Gasteiger partial charge in [0.25, 0.3) is 0 Å². The lowest BCUT2D eigenvalue weighted by molar-refractivity contribution is 0.306. The van der Waals surface area contributed by atoms with Gasteiger partial charge in [-0.3, -0.25) is 9.20 Å². The minimum absolute atomic E-state index is 0.0482. The van der Waals surface area contributed by atoms with Crippen LogP contribution in [0.4, 0.5) is 15.8 Å². The zero-order valence-electron chi connectivity index (χ0n) is 20.9. The number of benzene rings is 3. The van der Waals surface area contributed by atoms with E-state index in [-0.39, 0.29) is 30.6 Å². The molecule has 0 fully saturated rings. The number of nitrogens with one attached hydrogen (secondary N) is 1. The number of hydrogen-bond donors (Lipinski definition) is 2. The van der Waals surface area contributed by atoms with E-state index in [9.17, 15) is 13.2 Å². The summed E-state index contributed by atoms with van der Waals surface area (Å²) < 4.78 is 46.2. The Labute approximate surface area is 232 Å². The van der Waals surface area contributed by atoms with Crippen LogP contribution < -0.4 is 15.8 Å². The lowest BCUT2D eigenvalue weighted by Gasteiger charge is -2.11. The minimum Gasteiger partial charge on any atom is -0.772 e. The van der Waals surface area contributed by atoms with E-state index in [0.717, 1.165) is 11.3 Å². The molecule has 0 radical (unpaired) electrons. The second kappa shape index (κ2) is 13.2. The molecule has 1 aromatic heterocycles. The normalized spacial score (nSPS) is 12.6. The van der Waals surface area contributed by atoms with Crippen molar-refractivity contribution in [3.8, 4) is 17.1 Å². The Balaban J connectivity index is 1.51. The number of ether oxygens (including phenoxy) is 1. The Hall–Kier alpha value is -3.99. The number of aliphatic imine (C=N–C) groups is 2. The SMILES string of the molecule is CNc1ccc(-c2ccc(C=NCCS(=O)[O-])o2)cc1C(N)=Nc1ccc(OCc2cccc(F)c2)c(Cl)c1. The van der Waals surface area contributed by atoms with E-state index in [4.69, 9.17) is 26.5 Å². The van der Waals surface area contributed by atoms with E-state index in [0.29, 0.717) is 39.1 Å². The Morgan fingerprint density at radius 2 is 2.03 bits per heavy atom. The Kier molecular flexibility index (Phi) is 9.48. The lowest BCUT2D eigenvalue weighted by Crippen LogP contribution is -2.15. The molecular weight excluding hydrogens is 543 g/mol. The minimum atomic E-state index is -2.13. The molecule has 4 aromatic rings. The molecule has 1 atom stereocenters. The monoisotopic (exact) mass is 567 g/mol. The number of amidine groups is 1. The molecule has 1 unspecified atom stereocenters. The largest absolute Gasteiger partial charge is 0.772 e. The summed E-state index contributed by atoms with van der Waals surface area (Å²) in [4.78, 5) is 8.59. The maximum Gasteiger partial charge on any atom is 0.145 e. The van der Waals surface area contributed by atoms with Crippen LogP contribution in [0, 0.1) is 5.82 Å². The molecule has 0 saturated heterocycles.